The molecular formula is C16H16N6O2S. The van der Waals surface area contributed by atoms with Crippen molar-refractivity contribution in [1.82, 2.24) is 24.5 Å². The standard InChI is InChI=1S/C16H16N6O2S/c17-5-9-25(23,24)22-8-1-2-11(10-22)15-14-12-3-6-19-16(12)21-20-13(14)4-7-18-15/h3-4,6-7,11,18H,1-2,8-10H2. The van der Waals surface area contributed by atoms with Gasteiger partial charge in [0.1, 0.15) is 0 Å². The van der Waals surface area contributed by atoms with Crippen LogP contribution in [-0.2, 0) is 10.0 Å². The van der Waals surface area contributed by atoms with Crippen molar-refractivity contribution in [3.05, 3.63) is 30.2 Å². The molecule has 4 rings (SSSR count). The van der Waals surface area contributed by atoms with Crippen LogP contribution in [0.2, 0.25) is 0 Å². The van der Waals surface area contributed by atoms with Gasteiger partial charge in [0, 0.05) is 47.9 Å². The van der Waals surface area contributed by atoms with E-state index in [0.717, 1.165) is 34.8 Å². The lowest BCUT2D eigenvalue weighted by molar-refractivity contribution is 0.315. The largest absolute Gasteiger partial charge is 0.364 e. The molecule has 0 saturated carbocycles. The number of fused-ring (bicyclic) bond motifs is 3. The van der Waals surface area contributed by atoms with Gasteiger partial charge in [-0.3, -0.25) is 0 Å². The molecule has 8 nitrogen and oxygen atoms in total. The minimum absolute atomic E-state index is 0.00761. The van der Waals surface area contributed by atoms with Gasteiger partial charge in [0.15, 0.2) is 11.4 Å². The third kappa shape index (κ3) is 2.73. The Morgan fingerprint density at radius 3 is 3.08 bits per heavy atom. The molecule has 4 heterocycles. The fraction of sp³-hybridized carbons (Fsp3) is 0.375. The Labute approximate surface area is 144 Å². The van der Waals surface area contributed by atoms with Gasteiger partial charge in [-0.05, 0) is 25.0 Å². The number of hydrogen-bond acceptors (Lipinski definition) is 6. The predicted molar refractivity (Wildman–Crippen MR) is 92.1 cm³/mol. The maximum absolute atomic E-state index is 12.3. The van der Waals surface area contributed by atoms with Gasteiger partial charge in [-0.1, -0.05) is 0 Å². The van der Waals surface area contributed by atoms with E-state index in [0.29, 0.717) is 18.7 Å². The number of pyridine rings is 1. The number of nitrogens with one attached hydrogen (secondary N) is 1. The lowest BCUT2D eigenvalue weighted by atomic mass is 9.92. The Hall–Kier alpha value is -2.57. The molecule has 0 amide bonds. The first-order chi connectivity index (χ1) is 12.1. The zero-order valence-corrected chi connectivity index (χ0v) is 14.2. The molecule has 0 bridgehead atoms. The van der Waals surface area contributed by atoms with Crippen molar-refractivity contribution in [3.63, 3.8) is 0 Å². The summed E-state index contributed by atoms with van der Waals surface area (Å²) < 4.78 is 25.9. The van der Waals surface area contributed by atoms with E-state index in [1.165, 1.54) is 4.31 Å². The van der Waals surface area contributed by atoms with Crippen LogP contribution >= 0.6 is 0 Å². The number of aromatic nitrogens is 4. The smallest absolute Gasteiger partial charge is 0.227 e. The molecule has 1 fully saturated rings. The number of nitriles is 1. The van der Waals surface area contributed by atoms with Gasteiger partial charge in [0.05, 0.1) is 11.6 Å². The highest BCUT2D eigenvalue weighted by molar-refractivity contribution is 7.89. The topological polar surface area (TPSA) is 116 Å². The van der Waals surface area contributed by atoms with Crippen molar-refractivity contribution in [2.45, 2.75) is 18.8 Å². The fourth-order valence-electron chi connectivity index (χ4n) is 3.50. The quantitative estimate of drug-likeness (QED) is 0.761. The Morgan fingerprint density at radius 2 is 2.24 bits per heavy atom. The summed E-state index contributed by atoms with van der Waals surface area (Å²) in [4.78, 5) is 7.49. The first-order valence-corrected chi connectivity index (χ1v) is 9.64. The molecule has 3 aromatic rings. The van der Waals surface area contributed by atoms with Crippen molar-refractivity contribution in [2.24, 2.45) is 0 Å². The van der Waals surface area contributed by atoms with Crippen molar-refractivity contribution in [2.75, 3.05) is 18.8 Å². The van der Waals surface area contributed by atoms with Crippen LogP contribution < -0.4 is 0 Å². The van der Waals surface area contributed by atoms with Gasteiger partial charge in [-0.2, -0.15) is 5.26 Å². The number of nitrogens with zero attached hydrogens (tertiary/aromatic N) is 5. The average molecular weight is 356 g/mol. The Kier molecular flexibility index (Phi) is 3.86. The maximum Gasteiger partial charge on any atom is 0.227 e. The Balaban J connectivity index is 1.79. The molecule has 9 heteroatoms. The van der Waals surface area contributed by atoms with E-state index >= 15 is 0 Å². The summed E-state index contributed by atoms with van der Waals surface area (Å²) in [6.45, 7) is 0.815. The summed E-state index contributed by atoms with van der Waals surface area (Å²) in [5.41, 5.74) is 2.28. The second kappa shape index (κ2) is 6.06. The third-order valence-corrected chi connectivity index (χ3v) is 6.25. The number of rotatable bonds is 3. The molecular weight excluding hydrogens is 340 g/mol. The van der Waals surface area contributed by atoms with E-state index in [2.05, 4.69) is 20.2 Å². The molecule has 1 N–H and O–H groups in total. The van der Waals surface area contributed by atoms with Gasteiger partial charge in [0.2, 0.25) is 10.0 Å². The van der Waals surface area contributed by atoms with Crippen LogP contribution in [0.3, 0.4) is 0 Å². The molecule has 0 aromatic carbocycles. The molecule has 0 aliphatic carbocycles. The summed E-state index contributed by atoms with van der Waals surface area (Å²) >= 11 is 0. The number of hydrogen-bond donors (Lipinski definition) is 1. The van der Waals surface area contributed by atoms with Crippen LogP contribution in [0.25, 0.3) is 21.9 Å². The highest BCUT2D eigenvalue weighted by atomic mass is 32.2. The lowest BCUT2D eigenvalue weighted by Gasteiger charge is -2.31. The van der Waals surface area contributed by atoms with E-state index < -0.39 is 15.8 Å². The zero-order valence-electron chi connectivity index (χ0n) is 13.4. The summed E-state index contributed by atoms with van der Waals surface area (Å²) in [6, 6.07) is 5.50. The second-order valence-corrected chi connectivity index (χ2v) is 8.11. The molecule has 128 valence electrons. The zero-order chi connectivity index (χ0) is 17.4. The minimum atomic E-state index is -3.54. The highest BCUT2D eigenvalue weighted by Crippen LogP contribution is 2.33. The van der Waals surface area contributed by atoms with E-state index in [4.69, 9.17) is 5.26 Å². The molecule has 0 radical (unpaired) electrons. The summed E-state index contributed by atoms with van der Waals surface area (Å²) in [6.07, 6.45) is 5.12. The van der Waals surface area contributed by atoms with Crippen LogP contribution in [0.5, 0.6) is 0 Å². The molecule has 1 unspecified atom stereocenters. The number of aromatic amines is 1. The predicted octanol–water partition coefficient (Wildman–Crippen LogP) is 1.54. The minimum Gasteiger partial charge on any atom is -0.364 e. The number of H-pyrrole nitrogens is 1. The first kappa shape index (κ1) is 15.9. The van der Waals surface area contributed by atoms with Crippen molar-refractivity contribution in [3.8, 4) is 6.07 Å². The Morgan fingerprint density at radius 1 is 1.36 bits per heavy atom. The van der Waals surface area contributed by atoms with Crippen molar-refractivity contribution in [1.29, 1.82) is 5.26 Å². The summed E-state index contributed by atoms with van der Waals surface area (Å²) in [5, 5.41) is 19.0. The third-order valence-electron chi connectivity index (χ3n) is 4.64. The van der Waals surface area contributed by atoms with Crippen LogP contribution in [0.15, 0.2) is 24.5 Å². The summed E-state index contributed by atoms with van der Waals surface area (Å²) in [7, 11) is -3.54. The van der Waals surface area contributed by atoms with E-state index in [1.54, 1.807) is 18.5 Å². The molecule has 25 heavy (non-hydrogen) atoms. The fourth-order valence-corrected chi connectivity index (χ4v) is 4.66. The number of sulfonamides is 1. The van der Waals surface area contributed by atoms with Gasteiger partial charge in [0.25, 0.3) is 0 Å². The van der Waals surface area contributed by atoms with Gasteiger partial charge in [-0.15, -0.1) is 10.2 Å². The normalized spacial score (nSPS) is 19.2. The summed E-state index contributed by atoms with van der Waals surface area (Å²) in [5.74, 6) is -0.477. The van der Waals surface area contributed by atoms with Crippen LogP contribution in [-0.4, -0.2) is 51.7 Å². The molecule has 1 aliphatic rings. The highest BCUT2D eigenvalue weighted by Gasteiger charge is 2.31. The molecule has 0 spiro atoms. The van der Waals surface area contributed by atoms with E-state index in [9.17, 15) is 8.42 Å². The molecule has 1 saturated heterocycles. The monoisotopic (exact) mass is 356 g/mol. The van der Waals surface area contributed by atoms with Crippen LogP contribution in [0, 0.1) is 11.3 Å². The van der Waals surface area contributed by atoms with Gasteiger partial charge < -0.3 is 4.98 Å². The maximum atomic E-state index is 12.3. The molecule has 1 aliphatic heterocycles. The lowest BCUT2D eigenvalue weighted by Crippen LogP contribution is -2.40. The second-order valence-electron chi connectivity index (χ2n) is 6.15. The molecule has 1 atom stereocenters. The SMILES string of the molecule is N#CCS(=O)(=O)N1CCCC(c2[nH]ccc3nnc4nccc4c23)C1. The van der Waals surface area contributed by atoms with Crippen LogP contribution in [0.1, 0.15) is 24.5 Å². The van der Waals surface area contributed by atoms with Crippen molar-refractivity contribution < 1.29 is 8.42 Å². The van der Waals surface area contributed by atoms with Gasteiger partial charge in [-0.25, -0.2) is 17.7 Å². The van der Waals surface area contributed by atoms with Crippen LogP contribution in [0.4, 0.5) is 0 Å². The first-order valence-electron chi connectivity index (χ1n) is 8.03. The van der Waals surface area contributed by atoms with E-state index in [1.807, 2.05) is 12.1 Å². The van der Waals surface area contributed by atoms with Crippen molar-refractivity contribution >= 4 is 32.0 Å². The molecule has 3 aromatic heterocycles. The van der Waals surface area contributed by atoms with Gasteiger partial charge >= 0.3 is 0 Å². The Bertz CT molecular complexity index is 1080. The average Bonchev–Trinajstić information content (AvgIpc) is 3.10. The number of piperidine rings is 1. The van der Waals surface area contributed by atoms with E-state index in [-0.39, 0.29) is 5.92 Å².